The molecule has 1 rings (SSSR count). The Labute approximate surface area is 172 Å². The maximum atomic E-state index is 12.4. The first-order valence-corrected chi connectivity index (χ1v) is 10.4. The van der Waals surface area contributed by atoms with E-state index in [1.165, 1.54) is 5.56 Å². The predicted molar refractivity (Wildman–Crippen MR) is 117 cm³/mol. The molecule has 1 aromatic carbocycles. The van der Waals surface area contributed by atoms with Gasteiger partial charge in [0, 0.05) is 13.1 Å². The lowest BCUT2D eigenvalue weighted by Gasteiger charge is -2.22. The first-order valence-electron chi connectivity index (χ1n) is 10.4. The summed E-state index contributed by atoms with van der Waals surface area (Å²) in [6.45, 7) is 10.3. The minimum Gasteiger partial charge on any atom is -0.494 e. The lowest BCUT2D eigenvalue weighted by Crippen LogP contribution is -2.39. The molecular weight excluding hydrogens is 360 g/mol. The van der Waals surface area contributed by atoms with Crippen LogP contribution in [0, 0.1) is 0 Å². The monoisotopic (exact) mass is 398 g/mol. The zero-order valence-corrected chi connectivity index (χ0v) is 18.3. The van der Waals surface area contributed by atoms with Gasteiger partial charge in [-0.1, -0.05) is 52.2 Å². The van der Waals surface area contributed by atoms with Gasteiger partial charge in [-0.05, 0) is 49.9 Å². The second-order valence-electron chi connectivity index (χ2n) is 6.86. The summed E-state index contributed by atoms with van der Waals surface area (Å²) >= 11 is 0. The molecule has 0 unspecified atom stereocenters. The standard InChI is InChI=1S/C22H38N2O2.ClH/c1-4-7-15-24(16-8-5-2)22(25)19-23-14-13-20-11-10-12-21(18-20)26-17-9-6-3;/h10-12,18,23H,4-9,13-17,19H2,1-3H3;1H. The molecule has 0 radical (unpaired) electrons. The van der Waals surface area contributed by atoms with E-state index in [1.807, 2.05) is 17.0 Å². The number of carbonyl (C=O) groups excluding carboxylic acids is 1. The highest BCUT2D eigenvalue weighted by molar-refractivity contribution is 5.85. The average molecular weight is 399 g/mol. The summed E-state index contributed by atoms with van der Waals surface area (Å²) < 4.78 is 5.76. The molecule has 1 amide bonds. The van der Waals surface area contributed by atoms with E-state index in [9.17, 15) is 4.79 Å². The molecule has 0 saturated heterocycles. The van der Waals surface area contributed by atoms with Crippen LogP contribution in [-0.4, -0.2) is 43.6 Å². The van der Waals surface area contributed by atoms with Crippen molar-refractivity contribution in [1.82, 2.24) is 10.2 Å². The van der Waals surface area contributed by atoms with Crippen LogP contribution in [0.15, 0.2) is 24.3 Å². The fourth-order valence-corrected chi connectivity index (χ4v) is 2.72. The molecule has 156 valence electrons. The SMILES string of the molecule is CCCCOc1cccc(CCNCC(=O)N(CCCC)CCCC)c1.Cl. The number of hydrogen-bond donors (Lipinski definition) is 1. The number of carbonyl (C=O) groups is 1. The van der Waals surface area contributed by atoms with Gasteiger partial charge in [0.05, 0.1) is 13.2 Å². The first kappa shape index (κ1) is 25.7. The van der Waals surface area contributed by atoms with Crippen molar-refractivity contribution in [3.05, 3.63) is 29.8 Å². The maximum absolute atomic E-state index is 12.4. The second-order valence-corrected chi connectivity index (χ2v) is 6.86. The molecule has 4 nitrogen and oxygen atoms in total. The number of unbranched alkanes of at least 4 members (excludes halogenated alkanes) is 3. The van der Waals surface area contributed by atoms with Gasteiger partial charge in [0.1, 0.15) is 5.75 Å². The van der Waals surface area contributed by atoms with E-state index in [0.717, 1.165) is 76.9 Å². The van der Waals surface area contributed by atoms with Crippen LogP contribution in [0.5, 0.6) is 5.75 Å². The highest BCUT2D eigenvalue weighted by Gasteiger charge is 2.11. The van der Waals surface area contributed by atoms with Gasteiger partial charge >= 0.3 is 0 Å². The van der Waals surface area contributed by atoms with Crippen molar-refractivity contribution < 1.29 is 9.53 Å². The van der Waals surface area contributed by atoms with E-state index in [1.54, 1.807) is 0 Å². The Kier molecular flexibility index (Phi) is 16.1. The number of nitrogens with zero attached hydrogens (tertiary/aromatic N) is 1. The zero-order valence-electron chi connectivity index (χ0n) is 17.5. The summed E-state index contributed by atoms with van der Waals surface area (Å²) in [6, 6.07) is 8.27. The Hall–Kier alpha value is -1.26. The largest absolute Gasteiger partial charge is 0.494 e. The number of benzene rings is 1. The van der Waals surface area contributed by atoms with E-state index in [-0.39, 0.29) is 18.3 Å². The van der Waals surface area contributed by atoms with E-state index in [4.69, 9.17) is 4.74 Å². The van der Waals surface area contributed by atoms with Gasteiger partial charge in [0.2, 0.25) is 5.91 Å². The number of halogens is 1. The molecule has 0 aliphatic heterocycles. The molecule has 0 fully saturated rings. The quantitative estimate of drug-likeness (QED) is 0.429. The van der Waals surface area contributed by atoms with Crippen LogP contribution in [0.3, 0.4) is 0 Å². The van der Waals surface area contributed by atoms with Crippen molar-refractivity contribution >= 4 is 18.3 Å². The molecule has 0 bridgehead atoms. The molecule has 0 aromatic heterocycles. The highest BCUT2D eigenvalue weighted by atomic mass is 35.5. The molecular formula is C22H39ClN2O2. The van der Waals surface area contributed by atoms with Crippen LogP contribution < -0.4 is 10.1 Å². The minimum absolute atomic E-state index is 0. The highest BCUT2D eigenvalue weighted by Crippen LogP contribution is 2.14. The fourth-order valence-electron chi connectivity index (χ4n) is 2.72. The Morgan fingerprint density at radius 2 is 1.70 bits per heavy atom. The van der Waals surface area contributed by atoms with Crippen molar-refractivity contribution in [2.45, 2.75) is 65.7 Å². The third-order valence-corrected chi connectivity index (χ3v) is 4.45. The van der Waals surface area contributed by atoms with Gasteiger partial charge in [-0.25, -0.2) is 0 Å². The molecule has 0 aliphatic rings. The summed E-state index contributed by atoms with van der Waals surface area (Å²) in [7, 11) is 0. The third-order valence-electron chi connectivity index (χ3n) is 4.45. The number of rotatable bonds is 15. The molecule has 0 saturated carbocycles. The first-order chi connectivity index (χ1) is 12.7. The molecule has 0 atom stereocenters. The van der Waals surface area contributed by atoms with Crippen molar-refractivity contribution in [3.63, 3.8) is 0 Å². The van der Waals surface area contributed by atoms with Gasteiger partial charge in [-0.3, -0.25) is 4.79 Å². The van der Waals surface area contributed by atoms with E-state index >= 15 is 0 Å². The number of ether oxygens (including phenoxy) is 1. The Morgan fingerprint density at radius 1 is 1.04 bits per heavy atom. The molecule has 0 spiro atoms. The molecule has 27 heavy (non-hydrogen) atoms. The van der Waals surface area contributed by atoms with Crippen LogP contribution in [0.2, 0.25) is 0 Å². The van der Waals surface area contributed by atoms with Crippen LogP contribution in [0.4, 0.5) is 0 Å². The summed E-state index contributed by atoms with van der Waals surface area (Å²) in [4.78, 5) is 14.4. The Bertz CT molecular complexity index is 489. The molecule has 0 heterocycles. The average Bonchev–Trinajstić information content (AvgIpc) is 2.66. The topological polar surface area (TPSA) is 41.6 Å². The lowest BCUT2D eigenvalue weighted by atomic mass is 10.1. The van der Waals surface area contributed by atoms with Crippen LogP contribution in [0.25, 0.3) is 0 Å². The predicted octanol–water partition coefficient (Wildman–Crippen LogP) is 4.85. The van der Waals surface area contributed by atoms with Crippen molar-refractivity contribution in [3.8, 4) is 5.75 Å². The molecule has 0 aliphatic carbocycles. The minimum atomic E-state index is 0. The molecule has 5 heteroatoms. The lowest BCUT2D eigenvalue weighted by molar-refractivity contribution is -0.130. The van der Waals surface area contributed by atoms with Crippen molar-refractivity contribution in [2.75, 3.05) is 32.8 Å². The fraction of sp³-hybridized carbons (Fsp3) is 0.682. The van der Waals surface area contributed by atoms with Crippen LogP contribution in [-0.2, 0) is 11.2 Å². The van der Waals surface area contributed by atoms with Gasteiger partial charge in [-0.15, -0.1) is 12.4 Å². The summed E-state index contributed by atoms with van der Waals surface area (Å²) in [5.74, 6) is 1.17. The summed E-state index contributed by atoms with van der Waals surface area (Å²) in [5.41, 5.74) is 1.24. The summed E-state index contributed by atoms with van der Waals surface area (Å²) in [6.07, 6.45) is 7.55. The van der Waals surface area contributed by atoms with E-state index in [0.29, 0.717) is 6.54 Å². The van der Waals surface area contributed by atoms with Crippen LogP contribution in [0.1, 0.15) is 64.9 Å². The number of amides is 1. The molecule has 1 N–H and O–H groups in total. The zero-order chi connectivity index (χ0) is 19.0. The Morgan fingerprint density at radius 3 is 2.33 bits per heavy atom. The van der Waals surface area contributed by atoms with Gasteiger partial charge in [0.25, 0.3) is 0 Å². The van der Waals surface area contributed by atoms with Crippen LogP contribution >= 0.6 is 12.4 Å². The van der Waals surface area contributed by atoms with E-state index < -0.39 is 0 Å². The third kappa shape index (κ3) is 11.9. The van der Waals surface area contributed by atoms with Gasteiger partial charge in [-0.2, -0.15) is 0 Å². The van der Waals surface area contributed by atoms with Crippen molar-refractivity contribution in [1.29, 1.82) is 0 Å². The van der Waals surface area contributed by atoms with Gasteiger partial charge < -0.3 is 15.0 Å². The Balaban J connectivity index is 0.00000676. The van der Waals surface area contributed by atoms with Crippen molar-refractivity contribution in [2.24, 2.45) is 0 Å². The smallest absolute Gasteiger partial charge is 0.236 e. The maximum Gasteiger partial charge on any atom is 0.236 e. The number of hydrogen-bond acceptors (Lipinski definition) is 3. The van der Waals surface area contributed by atoms with Gasteiger partial charge in [0.15, 0.2) is 0 Å². The normalized spacial score (nSPS) is 10.3. The number of nitrogens with one attached hydrogen (secondary N) is 1. The second kappa shape index (κ2) is 16.9. The summed E-state index contributed by atoms with van der Waals surface area (Å²) in [5, 5.41) is 3.31. The molecule has 1 aromatic rings. The van der Waals surface area contributed by atoms with E-state index in [2.05, 4.69) is 38.2 Å².